The average molecular weight is 313 g/mol. The van der Waals surface area contributed by atoms with Crippen LogP contribution in [-0.4, -0.2) is 27.5 Å². The van der Waals surface area contributed by atoms with E-state index in [9.17, 15) is 4.79 Å². The van der Waals surface area contributed by atoms with Gasteiger partial charge in [0.05, 0.1) is 0 Å². The molecular weight excluding hydrogens is 290 g/mol. The lowest BCUT2D eigenvalue weighted by Gasteiger charge is -2.33. The van der Waals surface area contributed by atoms with Gasteiger partial charge in [-0.25, -0.2) is 0 Å². The number of aromatic nitrogens is 2. The monoisotopic (exact) mass is 313 g/mol. The summed E-state index contributed by atoms with van der Waals surface area (Å²) in [4.78, 5) is 18.8. The summed E-state index contributed by atoms with van der Waals surface area (Å²) in [5, 5.41) is 4.12. The van der Waals surface area contributed by atoms with Gasteiger partial charge in [-0.15, -0.1) is 0 Å². The summed E-state index contributed by atoms with van der Waals surface area (Å²) >= 11 is 0. The molecule has 122 valence electrons. The number of aryl methyl sites for hydroxylation is 1. The van der Waals surface area contributed by atoms with E-state index in [1.165, 1.54) is 0 Å². The minimum absolute atomic E-state index is 0.0751. The maximum Gasteiger partial charge on any atom is 0.249 e. The van der Waals surface area contributed by atoms with E-state index in [-0.39, 0.29) is 11.9 Å². The zero-order valence-corrected chi connectivity index (χ0v) is 13.8. The van der Waals surface area contributed by atoms with Gasteiger partial charge in [0.1, 0.15) is 6.04 Å². The second-order valence-electron chi connectivity index (χ2n) is 6.17. The smallest absolute Gasteiger partial charge is 0.249 e. The largest absolute Gasteiger partial charge is 0.337 e. The van der Waals surface area contributed by atoms with E-state index in [1.807, 2.05) is 43.0 Å². The van der Waals surface area contributed by atoms with E-state index < -0.39 is 0 Å². The second-order valence-corrected chi connectivity index (χ2v) is 6.17. The highest BCUT2D eigenvalue weighted by Gasteiger charge is 2.31. The summed E-state index contributed by atoms with van der Waals surface area (Å²) in [6, 6.07) is 7.96. The molecule has 23 heavy (non-hydrogen) atoms. The lowest BCUT2D eigenvalue weighted by atomic mass is 10.0. The maximum absolute atomic E-state index is 12.3. The Labute approximate surface area is 136 Å². The molecule has 1 aliphatic rings. The zero-order chi connectivity index (χ0) is 16.2. The number of nitrogens with zero attached hydrogens (tertiary/aromatic N) is 3. The number of piperidine rings is 1. The van der Waals surface area contributed by atoms with Gasteiger partial charge in [0, 0.05) is 18.5 Å². The lowest BCUT2D eigenvalue weighted by Crippen LogP contribution is -2.38. The standard InChI is InChI=1S/C18H23N3O2/c1-3-7-16(22)21-11-5-4-10-15(21)18-19-17(20-23-18)14-9-6-8-13(2)12-14/h6,8-9,12,15H,3-5,7,10-11H2,1-2H3/t15-/m0/s1. The molecule has 0 radical (unpaired) electrons. The highest BCUT2D eigenvalue weighted by molar-refractivity contribution is 5.76. The third kappa shape index (κ3) is 3.44. The predicted molar refractivity (Wildman–Crippen MR) is 87.7 cm³/mol. The Bertz CT molecular complexity index is 680. The van der Waals surface area contributed by atoms with Crippen molar-refractivity contribution in [1.29, 1.82) is 0 Å². The fourth-order valence-corrected chi connectivity index (χ4v) is 3.12. The number of carbonyl (C=O) groups excluding carboxylic acids is 1. The van der Waals surface area contributed by atoms with E-state index in [0.29, 0.717) is 18.1 Å². The fourth-order valence-electron chi connectivity index (χ4n) is 3.12. The summed E-state index contributed by atoms with van der Waals surface area (Å²) in [5.41, 5.74) is 2.11. The van der Waals surface area contributed by atoms with Crippen molar-refractivity contribution in [3.63, 3.8) is 0 Å². The Hall–Kier alpha value is -2.17. The second kappa shape index (κ2) is 6.94. The summed E-state index contributed by atoms with van der Waals surface area (Å²) in [6.45, 7) is 4.85. The Morgan fingerprint density at radius 2 is 2.26 bits per heavy atom. The van der Waals surface area contributed by atoms with E-state index in [4.69, 9.17) is 4.52 Å². The average Bonchev–Trinajstić information content (AvgIpc) is 3.05. The molecule has 0 bridgehead atoms. The Kier molecular flexibility index (Phi) is 4.74. The van der Waals surface area contributed by atoms with Crippen molar-refractivity contribution < 1.29 is 9.32 Å². The van der Waals surface area contributed by atoms with Crippen LogP contribution < -0.4 is 0 Å². The molecule has 0 N–H and O–H groups in total. The van der Waals surface area contributed by atoms with Gasteiger partial charge < -0.3 is 9.42 Å². The first-order chi connectivity index (χ1) is 11.2. The normalized spacial score (nSPS) is 18.2. The first-order valence-electron chi connectivity index (χ1n) is 8.39. The lowest BCUT2D eigenvalue weighted by molar-refractivity contribution is -0.135. The summed E-state index contributed by atoms with van der Waals surface area (Å²) < 4.78 is 5.50. The fraction of sp³-hybridized carbons (Fsp3) is 0.500. The Morgan fingerprint density at radius 3 is 3.04 bits per heavy atom. The molecule has 1 aromatic carbocycles. The first-order valence-corrected chi connectivity index (χ1v) is 8.39. The number of hydrogen-bond donors (Lipinski definition) is 0. The SMILES string of the molecule is CCCC(=O)N1CCCC[C@H]1c1nc(-c2cccc(C)c2)no1. The molecular formula is C18H23N3O2. The predicted octanol–water partition coefficient (Wildman–Crippen LogP) is 3.90. The van der Waals surface area contributed by atoms with Gasteiger partial charge in [0.25, 0.3) is 0 Å². The van der Waals surface area contributed by atoms with Crippen LogP contribution >= 0.6 is 0 Å². The third-order valence-corrected chi connectivity index (χ3v) is 4.29. The summed E-state index contributed by atoms with van der Waals surface area (Å²) in [6.07, 6.45) is 4.47. The van der Waals surface area contributed by atoms with Gasteiger partial charge in [-0.2, -0.15) is 4.98 Å². The molecule has 5 heteroatoms. The molecule has 3 rings (SSSR count). The zero-order valence-electron chi connectivity index (χ0n) is 13.8. The van der Waals surface area contributed by atoms with Gasteiger partial charge >= 0.3 is 0 Å². The minimum atomic E-state index is -0.0751. The summed E-state index contributed by atoms with van der Waals surface area (Å²) in [7, 11) is 0. The van der Waals surface area contributed by atoms with Gasteiger partial charge in [0.2, 0.25) is 17.6 Å². The van der Waals surface area contributed by atoms with Crippen molar-refractivity contribution in [2.24, 2.45) is 0 Å². The van der Waals surface area contributed by atoms with E-state index >= 15 is 0 Å². The number of benzene rings is 1. The van der Waals surface area contributed by atoms with Crippen LogP contribution in [0.2, 0.25) is 0 Å². The van der Waals surface area contributed by atoms with Gasteiger partial charge in [-0.05, 0) is 38.7 Å². The van der Waals surface area contributed by atoms with Crippen LogP contribution in [0.3, 0.4) is 0 Å². The third-order valence-electron chi connectivity index (χ3n) is 4.29. The molecule has 2 heterocycles. The van der Waals surface area contributed by atoms with E-state index in [2.05, 4.69) is 10.1 Å². The Balaban J connectivity index is 1.84. The number of rotatable bonds is 4. The maximum atomic E-state index is 12.3. The van der Waals surface area contributed by atoms with Crippen molar-refractivity contribution in [3.05, 3.63) is 35.7 Å². The highest BCUT2D eigenvalue weighted by Crippen LogP contribution is 2.31. The van der Waals surface area contributed by atoms with Crippen LogP contribution in [0.4, 0.5) is 0 Å². The number of hydrogen-bond acceptors (Lipinski definition) is 4. The summed E-state index contributed by atoms with van der Waals surface area (Å²) in [5.74, 6) is 1.34. The Morgan fingerprint density at radius 1 is 1.39 bits per heavy atom. The van der Waals surface area contributed by atoms with Crippen molar-refractivity contribution in [2.45, 2.75) is 52.0 Å². The van der Waals surface area contributed by atoms with Crippen LogP contribution in [0, 0.1) is 6.92 Å². The number of carbonyl (C=O) groups is 1. The first kappa shape index (κ1) is 15.7. The van der Waals surface area contributed by atoms with Crippen molar-refractivity contribution >= 4 is 5.91 Å². The van der Waals surface area contributed by atoms with E-state index in [0.717, 1.165) is 43.4 Å². The molecule has 0 saturated carbocycles. The molecule has 0 spiro atoms. The molecule has 1 fully saturated rings. The van der Waals surface area contributed by atoms with Crippen LogP contribution in [-0.2, 0) is 4.79 Å². The molecule has 1 amide bonds. The molecule has 1 aromatic heterocycles. The van der Waals surface area contributed by atoms with Crippen LogP contribution in [0.25, 0.3) is 11.4 Å². The molecule has 5 nitrogen and oxygen atoms in total. The highest BCUT2D eigenvalue weighted by atomic mass is 16.5. The molecule has 1 atom stereocenters. The quantitative estimate of drug-likeness (QED) is 0.859. The molecule has 1 aliphatic heterocycles. The number of likely N-dealkylation sites (tertiary alicyclic amines) is 1. The molecule has 0 unspecified atom stereocenters. The van der Waals surface area contributed by atoms with Crippen molar-refractivity contribution in [2.75, 3.05) is 6.54 Å². The topological polar surface area (TPSA) is 59.2 Å². The van der Waals surface area contributed by atoms with Gasteiger partial charge in [-0.1, -0.05) is 35.8 Å². The van der Waals surface area contributed by atoms with Crippen LogP contribution in [0.5, 0.6) is 0 Å². The van der Waals surface area contributed by atoms with Gasteiger partial charge in [-0.3, -0.25) is 4.79 Å². The van der Waals surface area contributed by atoms with Crippen LogP contribution in [0.15, 0.2) is 28.8 Å². The molecule has 1 saturated heterocycles. The van der Waals surface area contributed by atoms with E-state index in [1.54, 1.807) is 0 Å². The molecule has 2 aromatic rings. The van der Waals surface area contributed by atoms with Crippen molar-refractivity contribution in [1.82, 2.24) is 15.0 Å². The van der Waals surface area contributed by atoms with Gasteiger partial charge in [0.15, 0.2) is 0 Å². The van der Waals surface area contributed by atoms with Crippen molar-refractivity contribution in [3.8, 4) is 11.4 Å². The molecule has 0 aliphatic carbocycles. The van der Waals surface area contributed by atoms with Crippen LogP contribution in [0.1, 0.15) is 56.5 Å². The minimum Gasteiger partial charge on any atom is -0.337 e. The number of amides is 1.